The standard InChI is InChI=1S/C20H24BrF3N4O5S2/c1-2-31-3-4-32-20(34-14-7-13(21)8-27-9-14)18(33-35(29)30)11-28(26)10-17(25)12-5-15(22)19(24)16(23)6-12/h5-10,18,20H,2-4,11,25-26H2,1H3,(H,29,30)/b17-10-/t18-,20?/m0/s1. The Morgan fingerprint density at radius 2 is 1.97 bits per heavy atom. The molecule has 0 saturated heterocycles. The first-order valence-corrected chi connectivity index (χ1v) is 12.7. The number of hydrogen-bond acceptors (Lipinski definition) is 9. The summed E-state index contributed by atoms with van der Waals surface area (Å²) in [6.45, 7) is 2.47. The minimum Gasteiger partial charge on any atom is -0.397 e. The smallest absolute Gasteiger partial charge is 0.302 e. The molecule has 9 nitrogen and oxygen atoms in total. The van der Waals surface area contributed by atoms with E-state index < -0.39 is 40.4 Å². The van der Waals surface area contributed by atoms with Crippen LogP contribution in [0.4, 0.5) is 13.2 Å². The fraction of sp³-hybridized carbons (Fsp3) is 0.350. The number of rotatable bonds is 14. The molecule has 3 atom stereocenters. The van der Waals surface area contributed by atoms with Gasteiger partial charge in [-0.2, -0.15) is 4.21 Å². The number of hydrogen-bond donors (Lipinski definition) is 3. The summed E-state index contributed by atoms with van der Waals surface area (Å²) in [6, 6.07) is 3.19. The molecule has 0 saturated carbocycles. The van der Waals surface area contributed by atoms with Crippen molar-refractivity contribution in [3.8, 4) is 0 Å². The summed E-state index contributed by atoms with van der Waals surface area (Å²) < 4.78 is 78.1. The van der Waals surface area contributed by atoms with E-state index >= 15 is 0 Å². The average Bonchev–Trinajstić information content (AvgIpc) is 2.78. The topological polar surface area (TPSA) is 133 Å². The van der Waals surface area contributed by atoms with Crippen LogP contribution in [-0.4, -0.2) is 56.7 Å². The Balaban J connectivity index is 2.24. The lowest BCUT2D eigenvalue weighted by molar-refractivity contribution is -0.00849. The van der Waals surface area contributed by atoms with Crippen LogP contribution in [0.1, 0.15) is 12.5 Å². The van der Waals surface area contributed by atoms with Gasteiger partial charge in [0, 0.05) is 40.1 Å². The van der Waals surface area contributed by atoms with Gasteiger partial charge in [-0.15, -0.1) is 0 Å². The zero-order chi connectivity index (χ0) is 26.0. The molecule has 0 radical (unpaired) electrons. The Morgan fingerprint density at radius 3 is 2.57 bits per heavy atom. The van der Waals surface area contributed by atoms with Gasteiger partial charge in [-0.3, -0.25) is 13.7 Å². The van der Waals surface area contributed by atoms with Gasteiger partial charge >= 0.3 is 11.4 Å². The number of thioether (sulfide) groups is 1. The molecule has 0 amide bonds. The molecule has 194 valence electrons. The first-order valence-electron chi connectivity index (χ1n) is 9.98. The van der Waals surface area contributed by atoms with E-state index in [0.717, 1.165) is 23.0 Å². The maximum absolute atomic E-state index is 13.5. The molecule has 2 unspecified atom stereocenters. The van der Waals surface area contributed by atoms with Crippen molar-refractivity contribution in [1.82, 2.24) is 9.99 Å². The molecule has 15 heteroatoms. The summed E-state index contributed by atoms with van der Waals surface area (Å²) in [6.07, 6.45) is 3.17. The van der Waals surface area contributed by atoms with E-state index in [1.165, 1.54) is 0 Å². The van der Waals surface area contributed by atoms with Gasteiger partial charge in [-0.25, -0.2) is 19.0 Å². The number of nitrogens with zero attached hydrogens (tertiary/aromatic N) is 2. The molecule has 0 aliphatic carbocycles. The van der Waals surface area contributed by atoms with E-state index in [9.17, 15) is 21.9 Å². The quantitative estimate of drug-likeness (QED) is 0.0563. The van der Waals surface area contributed by atoms with Gasteiger partial charge in [0.05, 0.1) is 25.5 Å². The second kappa shape index (κ2) is 14.7. The van der Waals surface area contributed by atoms with Crippen LogP contribution in [0.15, 0.2) is 46.2 Å². The number of nitrogens with two attached hydrogens (primary N) is 2. The maximum atomic E-state index is 13.5. The monoisotopic (exact) mass is 600 g/mol. The van der Waals surface area contributed by atoms with Crippen molar-refractivity contribution in [2.45, 2.75) is 23.4 Å². The lowest BCUT2D eigenvalue weighted by Crippen LogP contribution is -2.42. The average molecular weight is 601 g/mol. The van der Waals surface area contributed by atoms with Crippen LogP contribution in [0, 0.1) is 17.5 Å². The van der Waals surface area contributed by atoms with Gasteiger partial charge in [0.2, 0.25) is 0 Å². The Bertz CT molecular complexity index is 1020. The Morgan fingerprint density at radius 1 is 1.29 bits per heavy atom. The van der Waals surface area contributed by atoms with Crippen molar-refractivity contribution in [2.24, 2.45) is 11.6 Å². The molecule has 1 aromatic heterocycles. The van der Waals surface area contributed by atoms with Gasteiger partial charge in [-0.05, 0) is 41.1 Å². The number of pyridine rings is 1. The first-order chi connectivity index (χ1) is 16.6. The second-order valence-electron chi connectivity index (χ2n) is 6.78. The van der Waals surface area contributed by atoms with Gasteiger partial charge in [0.15, 0.2) is 17.5 Å². The van der Waals surface area contributed by atoms with Crippen molar-refractivity contribution in [1.29, 1.82) is 0 Å². The number of ether oxygens (including phenoxy) is 2. The van der Waals surface area contributed by atoms with Gasteiger partial charge < -0.3 is 20.2 Å². The summed E-state index contributed by atoms with van der Waals surface area (Å²) in [7, 11) is 0. The number of hydrazine groups is 1. The summed E-state index contributed by atoms with van der Waals surface area (Å²) in [4.78, 5) is 4.74. The summed E-state index contributed by atoms with van der Waals surface area (Å²) >= 11 is 1.80. The Labute approximate surface area is 215 Å². The molecule has 0 aliphatic heterocycles. The third kappa shape index (κ3) is 10.0. The molecule has 2 rings (SSSR count). The maximum Gasteiger partial charge on any atom is 0.302 e. The third-order valence-corrected chi connectivity index (χ3v) is 6.18. The van der Waals surface area contributed by atoms with Crippen LogP contribution < -0.4 is 11.6 Å². The van der Waals surface area contributed by atoms with Crippen LogP contribution >= 0.6 is 27.7 Å². The highest BCUT2D eigenvalue weighted by Gasteiger charge is 2.28. The van der Waals surface area contributed by atoms with Crippen molar-refractivity contribution in [3.05, 3.63) is 64.3 Å². The van der Waals surface area contributed by atoms with Crippen LogP contribution in [0.2, 0.25) is 0 Å². The van der Waals surface area contributed by atoms with Crippen LogP contribution in [-0.2, 0) is 25.0 Å². The molecule has 0 fully saturated rings. The predicted molar refractivity (Wildman–Crippen MR) is 129 cm³/mol. The Hall–Kier alpha value is -1.72. The lowest BCUT2D eigenvalue weighted by Gasteiger charge is -2.28. The molecule has 2 aromatic rings. The molecule has 35 heavy (non-hydrogen) atoms. The third-order valence-electron chi connectivity index (χ3n) is 4.17. The van der Waals surface area contributed by atoms with E-state index in [1.54, 1.807) is 18.5 Å². The highest BCUT2D eigenvalue weighted by molar-refractivity contribution is 9.10. The first kappa shape index (κ1) is 29.5. The fourth-order valence-electron chi connectivity index (χ4n) is 2.68. The summed E-state index contributed by atoms with van der Waals surface area (Å²) in [5.74, 6) is 1.51. The van der Waals surface area contributed by atoms with Crippen molar-refractivity contribution < 1.29 is 35.6 Å². The number of aromatic nitrogens is 1. The normalized spacial score (nSPS) is 14.5. The van der Waals surface area contributed by atoms with Gasteiger partial charge in [-0.1, -0.05) is 11.8 Å². The lowest BCUT2D eigenvalue weighted by atomic mass is 10.1. The highest BCUT2D eigenvalue weighted by Crippen LogP contribution is 2.29. The molecule has 0 bridgehead atoms. The van der Waals surface area contributed by atoms with Crippen LogP contribution in [0.25, 0.3) is 5.70 Å². The predicted octanol–water partition coefficient (Wildman–Crippen LogP) is 3.39. The molecule has 0 aliphatic rings. The summed E-state index contributed by atoms with van der Waals surface area (Å²) in [5, 5.41) is 0.991. The van der Waals surface area contributed by atoms with E-state index in [2.05, 4.69) is 20.9 Å². The van der Waals surface area contributed by atoms with E-state index in [-0.39, 0.29) is 31.0 Å². The van der Waals surface area contributed by atoms with Gasteiger partial charge in [0.1, 0.15) is 11.5 Å². The minimum absolute atomic E-state index is 0.140. The van der Waals surface area contributed by atoms with Crippen molar-refractivity contribution in [2.75, 3.05) is 26.4 Å². The highest BCUT2D eigenvalue weighted by atomic mass is 79.9. The van der Waals surface area contributed by atoms with Crippen LogP contribution in [0.5, 0.6) is 0 Å². The largest absolute Gasteiger partial charge is 0.397 e. The number of benzene rings is 1. The van der Waals surface area contributed by atoms with Crippen molar-refractivity contribution in [3.63, 3.8) is 0 Å². The zero-order valence-electron chi connectivity index (χ0n) is 18.4. The zero-order valence-corrected chi connectivity index (χ0v) is 21.6. The fourth-order valence-corrected chi connectivity index (χ4v) is 4.68. The molecular formula is C20H24BrF3N4O5S2. The number of halogens is 4. The molecule has 1 aromatic carbocycles. The Kier molecular flexibility index (Phi) is 12.4. The van der Waals surface area contributed by atoms with Crippen LogP contribution in [0.3, 0.4) is 0 Å². The minimum atomic E-state index is -2.69. The van der Waals surface area contributed by atoms with E-state index in [4.69, 9.17) is 25.2 Å². The summed E-state index contributed by atoms with van der Waals surface area (Å²) in [5.41, 5.74) is 4.66. The molecule has 0 spiro atoms. The van der Waals surface area contributed by atoms with Gasteiger partial charge in [0.25, 0.3) is 0 Å². The molecule has 5 N–H and O–H groups in total. The van der Waals surface area contributed by atoms with E-state index in [0.29, 0.717) is 28.1 Å². The van der Waals surface area contributed by atoms with Crippen molar-refractivity contribution >= 4 is 44.8 Å². The molecular weight excluding hydrogens is 577 g/mol. The van der Waals surface area contributed by atoms with E-state index in [1.807, 2.05) is 6.92 Å². The second-order valence-corrected chi connectivity index (χ2v) is 9.49. The molecule has 1 heterocycles. The SMILES string of the molecule is CCOCCOC(Sc1cncc(Br)c1)[C@H](CN(N)/C=C(\N)c1cc(F)c(F)c(F)c1)OS(=O)O.